The molecule has 0 spiro atoms. The second-order valence-electron chi connectivity index (χ2n) is 8.30. The maximum Gasteiger partial charge on any atom is 0.417 e. The highest BCUT2D eigenvalue weighted by Gasteiger charge is 2.42. The monoisotopic (exact) mass is 456 g/mol. The molecule has 5 rings (SSSR count). The molecule has 0 saturated carbocycles. The first-order chi connectivity index (χ1) is 15.8. The van der Waals surface area contributed by atoms with Gasteiger partial charge in [0.1, 0.15) is 11.0 Å². The number of fused-ring (bicyclic) bond motifs is 2. The molecular formula is C22H19F3N6O2. The van der Waals surface area contributed by atoms with Gasteiger partial charge in [-0.15, -0.1) is 0 Å². The van der Waals surface area contributed by atoms with E-state index in [1.54, 1.807) is 28.0 Å². The molecule has 4 heterocycles. The molecule has 2 aliphatic heterocycles. The Hall–Kier alpha value is -3.76. The second kappa shape index (κ2) is 7.98. The zero-order valence-corrected chi connectivity index (χ0v) is 17.3. The Morgan fingerprint density at radius 1 is 0.970 bits per heavy atom. The third-order valence-electron chi connectivity index (χ3n) is 6.16. The SMILES string of the molecule is O=C(/C=C/c1ccc(C(F)(F)F)cn1)N1CC2CN(C(=O)c3ccc4n[nH]nc4c3)CC2C1. The molecule has 8 nitrogen and oxygen atoms in total. The second-order valence-corrected chi connectivity index (χ2v) is 8.30. The summed E-state index contributed by atoms with van der Waals surface area (Å²) in [5.74, 6) is 0.0819. The summed E-state index contributed by atoms with van der Waals surface area (Å²) in [6.45, 7) is 2.18. The average molecular weight is 456 g/mol. The molecule has 1 N–H and O–H groups in total. The number of carbonyl (C=O) groups is 2. The molecule has 170 valence electrons. The molecule has 2 aromatic heterocycles. The van der Waals surface area contributed by atoms with Gasteiger partial charge < -0.3 is 9.80 Å². The number of halogens is 3. The van der Waals surface area contributed by atoms with Gasteiger partial charge in [0, 0.05) is 55.9 Å². The summed E-state index contributed by atoms with van der Waals surface area (Å²) < 4.78 is 37.9. The number of likely N-dealkylation sites (tertiary alicyclic amines) is 2. The number of pyridine rings is 1. The number of rotatable bonds is 3. The van der Waals surface area contributed by atoms with E-state index in [0.29, 0.717) is 42.8 Å². The Kier molecular flexibility index (Phi) is 5.10. The van der Waals surface area contributed by atoms with Crippen molar-refractivity contribution in [1.29, 1.82) is 0 Å². The predicted molar refractivity (Wildman–Crippen MR) is 112 cm³/mol. The molecule has 1 aromatic carbocycles. The first-order valence-corrected chi connectivity index (χ1v) is 10.4. The topological polar surface area (TPSA) is 95.1 Å². The van der Waals surface area contributed by atoms with Crippen LogP contribution in [0.15, 0.2) is 42.6 Å². The highest BCUT2D eigenvalue weighted by Crippen LogP contribution is 2.32. The highest BCUT2D eigenvalue weighted by molar-refractivity contribution is 5.97. The van der Waals surface area contributed by atoms with Crippen LogP contribution in [0.3, 0.4) is 0 Å². The number of alkyl halides is 3. The summed E-state index contributed by atoms with van der Waals surface area (Å²) in [6, 6.07) is 7.36. The van der Waals surface area contributed by atoms with Crippen LogP contribution in [0.25, 0.3) is 17.1 Å². The van der Waals surface area contributed by atoms with Crippen molar-refractivity contribution in [2.24, 2.45) is 11.8 Å². The molecule has 33 heavy (non-hydrogen) atoms. The maximum absolute atomic E-state index is 12.9. The van der Waals surface area contributed by atoms with E-state index < -0.39 is 11.7 Å². The molecule has 2 fully saturated rings. The number of benzene rings is 1. The zero-order valence-electron chi connectivity index (χ0n) is 17.3. The minimum Gasteiger partial charge on any atom is -0.338 e. The Morgan fingerprint density at radius 2 is 1.67 bits per heavy atom. The van der Waals surface area contributed by atoms with Gasteiger partial charge >= 0.3 is 6.18 Å². The molecule has 0 radical (unpaired) electrons. The minimum atomic E-state index is -4.45. The van der Waals surface area contributed by atoms with Crippen LogP contribution in [0.4, 0.5) is 13.2 Å². The standard InChI is InChI=1S/C22H19F3N6O2/c23-22(24,25)16-2-3-17(26-8-16)4-6-20(32)30-9-14-11-31(12-15(14)10-30)21(33)13-1-5-18-19(7-13)28-29-27-18/h1-8,14-15H,9-12H2,(H,27,28,29)/b6-4+. The number of H-pyrrole nitrogens is 1. The van der Waals surface area contributed by atoms with Crippen LogP contribution in [0, 0.1) is 11.8 Å². The van der Waals surface area contributed by atoms with E-state index in [4.69, 9.17) is 0 Å². The predicted octanol–water partition coefficient (Wildman–Crippen LogP) is 2.62. The van der Waals surface area contributed by atoms with Gasteiger partial charge in [0.05, 0.1) is 11.3 Å². The van der Waals surface area contributed by atoms with Crippen molar-refractivity contribution in [3.8, 4) is 0 Å². The molecule has 2 amide bonds. The summed E-state index contributed by atoms with van der Waals surface area (Å²) in [5, 5.41) is 10.5. The summed E-state index contributed by atoms with van der Waals surface area (Å²) in [4.78, 5) is 32.7. The van der Waals surface area contributed by atoms with Crippen LogP contribution >= 0.6 is 0 Å². The van der Waals surface area contributed by atoms with Crippen molar-refractivity contribution in [2.75, 3.05) is 26.2 Å². The van der Waals surface area contributed by atoms with E-state index in [9.17, 15) is 22.8 Å². The van der Waals surface area contributed by atoms with Crippen LogP contribution in [-0.4, -0.2) is 68.2 Å². The Bertz CT molecular complexity index is 1220. The van der Waals surface area contributed by atoms with Crippen molar-refractivity contribution in [3.05, 3.63) is 59.4 Å². The van der Waals surface area contributed by atoms with E-state index in [1.807, 2.05) is 0 Å². The molecule has 0 bridgehead atoms. The fourth-order valence-electron chi connectivity index (χ4n) is 4.43. The van der Waals surface area contributed by atoms with Crippen molar-refractivity contribution in [1.82, 2.24) is 30.2 Å². The normalized spacial score (nSPS) is 20.7. The highest BCUT2D eigenvalue weighted by atomic mass is 19.4. The van der Waals surface area contributed by atoms with E-state index in [2.05, 4.69) is 20.4 Å². The lowest BCUT2D eigenvalue weighted by molar-refractivity contribution is -0.137. The number of hydrogen-bond acceptors (Lipinski definition) is 5. The summed E-state index contributed by atoms with van der Waals surface area (Å²) in [7, 11) is 0. The largest absolute Gasteiger partial charge is 0.417 e. The van der Waals surface area contributed by atoms with Crippen LogP contribution in [0.2, 0.25) is 0 Å². The molecule has 11 heteroatoms. The number of aromatic amines is 1. The van der Waals surface area contributed by atoms with Crippen molar-refractivity contribution in [2.45, 2.75) is 6.18 Å². The average Bonchev–Trinajstić information content (AvgIpc) is 3.50. The van der Waals surface area contributed by atoms with Crippen LogP contribution in [0.1, 0.15) is 21.6 Å². The van der Waals surface area contributed by atoms with Gasteiger partial charge in [-0.1, -0.05) is 0 Å². The molecule has 2 atom stereocenters. The number of nitrogens with zero attached hydrogens (tertiary/aromatic N) is 5. The van der Waals surface area contributed by atoms with Gasteiger partial charge in [-0.05, 0) is 36.4 Å². The molecule has 2 aliphatic rings. The van der Waals surface area contributed by atoms with E-state index >= 15 is 0 Å². The third-order valence-corrected chi connectivity index (χ3v) is 6.16. The number of hydrogen-bond donors (Lipinski definition) is 1. The van der Waals surface area contributed by atoms with E-state index in [-0.39, 0.29) is 29.3 Å². The van der Waals surface area contributed by atoms with Gasteiger partial charge in [-0.2, -0.15) is 28.6 Å². The van der Waals surface area contributed by atoms with Crippen molar-refractivity contribution < 1.29 is 22.8 Å². The van der Waals surface area contributed by atoms with E-state index in [0.717, 1.165) is 12.3 Å². The number of amides is 2. The lowest BCUT2D eigenvalue weighted by Crippen LogP contribution is -2.35. The summed E-state index contributed by atoms with van der Waals surface area (Å²) >= 11 is 0. The van der Waals surface area contributed by atoms with Crippen LogP contribution in [-0.2, 0) is 11.0 Å². The maximum atomic E-state index is 12.9. The van der Waals surface area contributed by atoms with Gasteiger partial charge in [0.2, 0.25) is 5.91 Å². The molecular weight excluding hydrogens is 437 g/mol. The lowest BCUT2D eigenvalue weighted by atomic mass is 10.0. The van der Waals surface area contributed by atoms with Gasteiger partial charge in [0.25, 0.3) is 5.91 Å². The molecule has 3 aromatic rings. The van der Waals surface area contributed by atoms with Crippen molar-refractivity contribution in [3.63, 3.8) is 0 Å². The number of carbonyl (C=O) groups excluding carboxylic acids is 2. The lowest BCUT2D eigenvalue weighted by Gasteiger charge is -2.21. The molecule has 0 aliphatic carbocycles. The summed E-state index contributed by atoms with van der Waals surface area (Å²) in [5.41, 5.74) is 1.32. The molecule has 2 saturated heterocycles. The number of aromatic nitrogens is 4. The fourth-order valence-corrected chi connectivity index (χ4v) is 4.43. The zero-order chi connectivity index (χ0) is 23.2. The van der Waals surface area contributed by atoms with Crippen molar-refractivity contribution >= 4 is 28.9 Å². The minimum absolute atomic E-state index is 0.0690. The molecule has 2 unspecified atom stereocenters. The number of nitrogens with one attached hydrogen (secondary N) is 1. The first-order valence-electron chi connectivity index (χ1n) is 10.4. The summed E-state index contributed by atoms with van der Waals surface area (Å²) in [6.07, 6.45) is -0.966. The Labute approximate surface area is 186 Å². The van der Waals surface area contributed by atoms with Gasteiger partial charge in [-0.25, -0.2) is 0 Å². The third kappa shape index (κ3) is 4.18. The fraction of sp³-hybridized carbons (Fsp3) is 0.318. The van der Waals surface area contributed by atoms with E-state index in [1.165, 1.54) is 18.2 Å². The smallest absolute Gasteiger partial charge is 0.338 e. The van der Waals surface area contributed by atoms with Crippen LogP contribution < -0.4 is 0 Å². The van der Waals surface area contributed by atoms with Gasteiger partial charge in [-0.3, -0.25) is 14.6 Å². The van der Waals surface area contributed by atoms with Crippen LogP contribution in [0.5, 0.6) is 0 Å². The van der Waals surface area contributed by atoms with Gasteiger partial charge in [0.15, 0.2) is 0 Å². The quantitative estimate of drug-likeness (QED) is 0.612. The Balaban J connectivity index is 1.17. The Morgan fingerprint density at radius 3 is 2.33 bits per heavy atom. The first kappa shape index (κ1) is 21.1.